The van der Waals surface area contributed by atoms with Crippen LogP contribution < -0.4 is 0 Å². The van der Waals surface area contributed by atoms with E-state index in [-0.39, 0.29) is 0 Å². The van der Waals surface area contributed by atoms with Crippen LogP contribution in [-0.4, -0.2) is 10.5 Å². The van der Waals surface area contributed by atoms with Gasteiger partial charge in [0, 0.05) is 0 Å². The SMILES string of the molecule is CCc1ccc(C)cc1.OO. The first-order chi connectivity index (χ1) is 5.33. The minimum atomic E-state index is 1.14. The molecule has 1 aromatic rings. The lowest BCUT2D eigenvalue weighted by Crippen LogP contribution is -1.77. The van der Waals surface area contributed by atoms with Crippen LogP contribution in [0.25, 0.3) is 0 Å². The Kier molecular flexibility index (Phi) is 5.43. The Bertz CT molecular complexity index is 179. The lowest BCUT2D eigenvalue weighted by atomic mass is 10.1. The van der Waals surface area contributed by atoms with Crippen LogP contribution in [0.4, 0.5) is 0 Å². The number of hydrogen-bond acceptors (Lipinski definition) is 2. The highest BCUT2D eigenvalue weighted by Crippen LogP contribution is 2.02. The van der Waals surface area contributed by atoms with Crippen molar-refractivity contribution in [2.24, 2.45) is 0 Å². The van der Waals surface area contributed by atoms with Gasteiger partial charge in [0.15, 0.2) is 0 Å². The summed E-state index contributed by atoms with van der Waals surface area (Å²) in [5, 5.41) is 12.0. The van der Waals surface area contributed by atoms with E-state index in [9.17, 15) is 0 Å². The van der Waals surface area contributed by atoms with Gasteiger partial charge in [-0.25, -0.2) is 0 Å². The topological polar surface area (TPSA) is 40.5 Å². The third-order valence-electron chi connectivity index (χ3n) is 1.53. The zero-order chi connectivity index (χ0) is 8.69. The first kappa shape index (κ1) is 10.1. The molecule has 2 heteroatoms. The zero-order valence-electron chi connectivity index (χ0n) is 6.91. The standard InChI is InChI=1S/C9H12.H2O2/c1-3-9-6-4-8(2)5-7-9;1-2/h4-7H,3H2,1-2H3;1-2H. The maximum Gasteiger partial charge on any atom is -0.0307 e. The van der Waals surface area contributed by atoms with Crippen molar-refractivity contribution >= 4 is 0 Å². The van der Waals surface area contributed by atoms with Crippen molar-refractivity contribution in [1.29, 1.82) is 0 Å². The molecule has 1 rings (SSSR count). The summed E-state index contributed by atoms with van der Waals surface area (Å²) in [5.41, 5.74) is 2.76. The van der Waals surface area contributed by atoms with Gasteiger partial charge in [-0.05, 0) is 18.9 Å². The quantitative estimate of drug-likeness (QED) is 0.482. The van der Waals surface area contributed by atoms with Gasteiger partial charge in [-0.15, -0.1) is 0 Å². The third-order valence-corrected chi connectivity index (χ3v) is 1.53. The lowest BCUT2D eigenvalue weighted by Gasteiger charge is -1.94. The van der Waals surface area contributed by atoms with Crippen LogP contribution in [-0.2, 0) is 6.42 Å². The molecule has 11 heavy (non-hydrogen) atoms. The molecule has 0 radical (unpaired) electrons. The van der Waals surface area contributed by atoms with Crippen molar-refractivity contribution in [1.82, 2.24) is 0 Å². The van der Waals surface area contributed by atoms with Crippen molar-refractivity contribution in [2.45, 2.75) is 20.3 Å². The van der Waals surface area contributed by atoms with E-state index in [1.165, 1.54) is 11.1 Å². The molecule has 0 bridgehead atoms. The van der Waals surface area contributed by atoms with E-state index in [2.05, 4.69) is 38.1 Å². The number of benzene rings is 1. The molecular formula is C9H14O2. The Hall–Kier alpha value is -0.860. The molecule has 0 fully saturated rings. The molecule has 0 aromatic heterocycles. The summed E-state index contributed by atoms with van der Waals surface area (Å²) in [6.07, 6.45) is 1.14. The molecule has 0 atom stereocenters. The molecule has 2 N–H and O–H groups in total. The second-order valence-electron chi connectivity index (χ2n) is 2.34. The predicted molar refractivity (Wildman–Crippen MR) is 45.8 cm³/mol. The van der Waals surface area contributed by atoms with Gasteiger partial charge in [-0.3, -0.25) is 10.5 Å². The molecule has 62 valence electrons. The fourth-order valence-corrected chi connectivity index (χ4v) is 0.824. The van der Waals surface area contributed by atoms with Gasteiger partial charge in [0.05, 0.1) is 0 Å². The van der Waals surface area contributed by atoms with Crippen LogP contribution in [0.5, 0.6) is 0 Å². The van der Waals surface area contributed by atoms with Crippen LogP contribution in [0, 0.1) is 6.92 Å². The van der Waals surface area contributed by atoms with Crippen LogP contribution in [0.2, 0.25) is 0 Å². The van der Waals surface area contributed by atoms with E-state index in [4.69, 9.17) is 10.5 Å². The first-order valence-electron chi connectivity index (χ1n) is 3.58. The number of aryl methyl sites for hydroxylation is 2. The Balaban J connectivity index is 0.000000461. The van der Waals surface area contributed by atoms with Gasteiger partial charge in [-0.1, -0.05) is 36.8 Å². The molecule has 2 nitrogen and oxygen atoms in total. The number of rotatable bonds is 1. The van der Waals surface area contributed by atoms with E-state index in [1.807, 2.05) is 0 Å². The number of hydrogen-bond donors (Lipinski definition) is 2. The Labute approximate surface area is 67.0 Å². The van der Waals surface area contributed by atoms with E-state index in [0.717, 1.165) is 6.42 Å². The highest BCUT2D eigenvalue weighted by atomic mass is 17.0. The highest BCUT2D eigenvalue weighted by Gasteiger charge is 1.84. The summed E-state index contributed by atoms with van der Waals surface area (Å²) in [7, 11) is 0. The lowest BCUT2D eigenvalue weighted by molar-refractivity contribution is -0.176. The van der Waals surface area contributed by atoms with Gasteiger partial charge in [-0.2, -0.15) is 0 Å². The summed E-state index contributed by atoms with van der Waals surface area (Å²) < 4.78 is 0. The fraction of sp³-hybridized carbons (Fsp3) is 0.333. The van der Waals surface area contributed by atoms with Gasteiger partial charge < -0.3 is 0 Å². The smallest absolute Gasteiger partial charge is 0.0307 e. The summed E-state index contributed by atoms with van der Waals surface area (Å²) >= 11 is 0. The molecule has 0 saturated carbocycles. The van der Waals surface area contributed by atoms with E-state index in [1.54, 1.807) is 0 Å². The van der Waals surface area contributed by atoms with Crippen molar-refractivity contribution < 1.29 is 10.5 Å². The first-order valence-corrected chi connectivity index (χ1v) is 3.58. The van der Waals surface area contributed by atoms with Gasteiger partial charge in [0.1, 0.15) is 0 Å². The summed E-state index contributed by atoms with van der Waals surface area (Å²) in [6.45, 7) is 4.28. The van der Waals surface area contributed by atoms with Gasteiger partial charge >= 0.3 is 0 Å². The van der Waals surface area contributed by atoms with Crippen molar-refractivity contribution in [2.75, 3.05) is 0 Å². The molecule has 0 unspecified atom stereocenters. The normalized spacial score (nSPS) is 8.36. The molecule has 0 aliphatic heterocycles. The Morgan fingerprint density at radius 3 is 1.91 bits per heavy atom. The average Bonchev–Trinajstić information content (AvgIpc) is 2.10. The summed E-state index contributed by atoms with van der Waals surface area (Å²) in [5.74, 6) is 0. The molecule has 0 aliphatic rings. The fourth-order valence-electron chi connectivity index (χ4n) is 0.824. The van der Waals surface area contributed by atoms with Crippen LogP contribution in [0.3, 0.4) is 0 Å². The van der Waals surface area contributed by atoms with E-state index < -0.39 is 0 Å². The van der Waals surface area contributed by atoms with Crippen molar-refractivity contribution in [3.8, 4) is 0 Å². The average molecular weight is 154 g/mol. The molecular weight excluding hydrogens is 140 g/mol. The maximum atomic E-state index is 6.00. The summed E-state index contributed by atoms with van der Waals surface area (Å²) in [6, 6.07) is 8.66. The van der Waals surface area contributed by atoms with Gasteiger partial charge in [0.2, 0.25) is 0 Å². The van der Waals surface area contributed by atoms with Gasteiger partial charge in [0.25, 0.3) is 0 Å². The van der Waals surface area contributed by atoms with Crippen LogP contribution in [0.15, 0.2) is 24.3 Å². The van der Waals surface area contributed by atoms with E-state index >= 15 is 0 Å². The highest BCUT2D eigenvalue weighted by molar-refractivity contribution is 5.20. The van der Waals surface area contributed by atoms with Crippen LogP contribution in [0.1, 0.15) is 18.1 Å². The maximum absolute atomic E-state index is 6.00. The molecule has 1 aromatic carbocycles. The Morgan fingerprint density at radius 1 is 1.09 bits per heavy atom. The second-order valence-corrected chi connectivity index (χ2v) is 2.34. The van der Waals surface area contributed by atoms with E-state index in [0.29, 0.717) is 0 Å². The van der Waals surface area contributed by atoms with Crippen molar-refractivity contribution in [3.63, 3.8) is 0 Å². The largest absolute Gasteiger partial charge is 0.255 e. The summed E-state index contributed by atoms with van der Waals surface area (Å²) in [4.78, 5) is 0. The molecule has 0 saturated heterocycles. The molecule has 0 amide bonds. The Morgan fingerprint density at radius 2 is 1.55 bits per heavy atom. The third kappa shape index (κ3) is 3.75. The monoisotopic (exact) mass is 154 g/mol. The molecule has 0 aliphatic carbocycles. The second kappa shape index (κ2) is 5.89. The van der Waals surface area contributed by atoms with Crippen LogP contribution >= 0.6 is 0 Å². The minimum Gasteiger partial charge on any atom is -0.255 e. The molecule has 0 spiro atoms. The van der Waals surface area contributed by atoms with Crippen molar-refractivity contribution in [3.05, 3.63) is 35.4 Å². The predicted octanol–water partition coefficient (Wildman–Crippen LogP) is 2.57. The zero-order valence-corrected chi connectivity index (χ0v) is 6.91. The minimum absolute atomic E-state index is 1.14. The molecule has 0 heterocycles.